The Morgan fingerprint density at radius 3 is 2.96 bits per heavy atom. The molecule has 1 atom stereocenters. The van der Waals surface area contributed by atoms with Crippen LogP contribution in [0.1, 0.15) is 38.1 Å². The van der Waals surface area contributed by atoms with Gasteiger partial charge in [0.15, 0.2) is 11.0 Å². The van der Waals surface area contributed by atoms with Gasteiger partial charge in [-0.2, -0.15) is 0 Å². The first-order valence-corrected chi connectivity index (χ1v) is 9.11. The molecular weight excluding hydrogens is 332 g/mol. The molecule has 0 saturated heterocycles. The number of nitrogens with one attached hydrogen (secondary N) is 1. The summed E-state index contributed by atoms with van der Waals surface area (Å²) in [6, 6.07) is 7.38. The molecule has 124 valence electrons. The van der Waals surface area contributed by atoms with Gasteiger partial charge in [0.2, 0.25) is 0 Å². The van der Waals surface area contributed by atoms with Gasteiger partial charge in [0.05, 0.1) is 11.7 Å². The topological polar surface area (TPSA) is 68.0 Å². The summed E-state index contributed by atoms with van der Waals surface area (Å²) >= 11 is 7.59. The molecular formula is C15H21ClN6S. The lowest BCUT2D eigenvalue weighted by molar-refractivity contribution is 0.531. The predicted octanol–water partition coefficient (Wildman–Crippen LogP) is 3.49. The highest BCUT2D eigenvalue weighted by atomic mass is 35.5. The van der Waals surface area contributed by atoms with E-state index < -0.39 is 0 Å². The van der Waals surface area contributed by atoms with Gasteiger partial charge in [0.1, 0.15) is 0 Å². The van der Waals surface area contributed by atoms with E-state index >= 15 is 0 Å². The first-order chi connectivity index (χ1) is 11.2. The van der Waals surface area contributed by atoms with Crippen molar-refractivity contribution in [3.05, 3.63) is 35.1 Å². The van der Waals surface area contributed by atoms with E-state index in [-0.39, 0.29) is 6.04 Å². The molecule has 0 aliphatic carbocycles. The molecule has 23 heavy (non-hydrogen) atoms. The molecule has 2 aromatic rings. The van der Waals surface area contributed by atoms with Crippen LogP contribution < -0.4 is 5.32 Å². The van der Waals surface area contributed by atoms with E-state index in [2.05, 4.69) is 32.6 Å². The average molecular weight is 353 g/mol. The van der Waals surface area contributed by atoms with Gasteiger partial charge in [-0.05, 0) is 36.1 Å². The molecule has 0 fully saturated rings. The van der Waals surface area contributed by atoms with Crippen molar-refractivity contribution in [1.82, 2.24) is 25.5 Å². The maximum atomic E-state index is 6.02. The van der Waals surface area contributed by atoms with Gasteiger partial charge in [0.25, 0.3) is 0 Å². The minimum atomic E-state index is -0.00552. The molecule has 0 unspecified atom stereocenters. The highest BCUT2D eigenvalue weighted by Crippen LogP contribution is 2.18. The number of unbranched alkanes of at least 4 members (excludes halogenated alkanes) is 1. The predicted molar refractivity (Wildman–Crippen MR) is 96.4 cm³/mol. The number of halogens is 1. The smallest absolute Gasteiger partial charge is 0.197 e. The lowest BCUT2D eigenvalue weighted by atomic mass is 10.1. The molecule has 0 radical (unpaired) electrons. The van der Waals surface area contributed by atoms with E-state index in [4.69, 9.17) is 11.6 Å². The number of benzene rings is 1. The van der Waals surface area contributed by atoms with E-state index in [0.717, 1.165) is 30.1 Å². The highest BCUT2D eigenvalue weighted by Gasteiger charge is 2.18. The molecule has 1 N–H and O–H groups in total. The quantitative estimate of drug-likeness (QED) is 0.636. The molecule has 0 saturated carbocycles. The second-order valence-electron chi connectivity index (χ2n) is 4.99. The van der Waals surface area contributed by atoms with Crippen LogP contribution in [0.3, 0.4) is 0 Å². The van der Waals surface area contributed by atoms with Crippen molar-refractivity contribution in [3.8, 4) is 5.69 Å². The fraction of sp³-hybridized carbons (Fsp3) is 0.467. The summed E-state index contributed by atoms with van der Waals surface area (Å²) in [5, 5.41) is 17.8. The summed E-state index contributed by atoms with van der Waals surface area (Å²) in [6.07, 6.45) is 5.10. The number of aromatic nitrogens is 4. The zero-order chi connectivity index (χ0) is 16.7. The lowest BCUT2D eigenvalue weighted by Crippen LogP contribution is -2.27. The summed E-state index contributed by atoms with van der Waals surface area (Å²) in [4.78, 5) is 5.73. The number of aliphatic imine (C=N–C) groups is 1. The third-order valence-electron chi connectivity index (χ3n) is 3.32. The monoisotopic (exact) mass is 352 g/mol. The van der Waals surface area contributed by atoms with E-state index in [0.29, 0.717) is 10.8 Å². The normalized spacial score (nSPS) is 13.1. The Balaban J connectivity index is 2.22. The zero-order valence-corrected chi connectivity index (χ0v) is 15.1. The van der Waals surface area contributed by atoms with Crippen LogP contribution in [0.4, 0.5) is 0 Å². The van der Waals surface area contributed by atoms with Crippen molar-refractivity contribution in [3.63, 3.8) is 0 Å². The molecule has 6 nitrogen and oxygen atoms in total. The molecule has 0 aliphatic rings. The Morgan fingerprint density at radius 2 is 2.30 bits per heavy atom. The van der Waals surface area contributed by atoms with Gasteiger partial charge in [-0.1, -0.05) is 49.2 Å². The van der Waals surface area contributed by atoms with Crippen molar-refractivity contribution in [1.29, 1.82) is 0 Å². The van der Waals surface area contributed by atoms with Gasteiger partial charge in [-0.25, -0.2) is 0 Å². The molecule has 1 heterocycles. The summed E-state index contributed by atoms with van der Waals surface area (Å²) in [5.74, 6) is 0.661. The van der Waals surface area contributed by atoms with Crippen molar-refractivity contribution in [2.45, 2.75) is 32.2 Å². The van der Waals surface area contributed by atoms with Crippen LogP contribution in [0.5, 0.6) is 0 Å². The van der Waals surface area contributed by atoms with Crippen LogP contribution in [0.25, 0.3) is 5.69 Å². The minimum absolute atomic E-state index is 0.00552. The third kappa shape index (κ3) is 4.94. The minimum Gasteiger partial charge on any atom is -0.355 e. The van der Waals surface area contributed by atoms with Crippen LogP contribution in [0.15, 0.2) is 29.3 Å². The number of nitrogens with zero attached hydrogens (tertiary/aromatic N) is 5. The Labute approximate surface area is 145 Å². The molecule has 0 amide bonds. The fourth-order valence-corrected chi connectivity index (χ4v) is 2.74. The van der Waals surface area contributed by atoms with E-state index in [1.54, 1.807) is 18.8 Å². The molecule has 8 heteroatoms. The number of thioether (sulfide) groups is 1. The highest BCUT2D eigenvalue weighted by molar-refractivity contribution is 8.13. The standard InChI is InChI=1S/C15H21ClN6S/c1-4-5-9-13(18-15(17-2)23-3)14-19-21-22(20-14)12-8-6-7-11(16)10-12/h6-8,10,13H,4-5,9H2,1-3H3,(H,17,18)/t13-/m1/s1. The van der Waals surface area contributed by atoms with Gasteiger partial charge < -0.3 is 5.32 Å². The maximum absolute atomic E-state index is 6.02. The van der Waals surface area contributed by atoms with E-state index in [9.17, 15) is 0 Å². The molecule has 0 aliphatic heterocycles. The zero-order valence-electron chi connectivity index (χ0n) is 13.5. The van der Waals surface area contributed by atoms with Crippen molar-refractivity contribution < 1.29 is 0 Å². The SMILES string of the molecule is CCCC[C@@H](NC(=NC)SC)c1nnn(-c2cccc(Cl)c2)n1. The van der Waals surface area contributed by atoms with E-state index in [1.807, 2.05) is 30.5 Å². The number of hydrogen-bond donors (Lipinski definition) is 1. The van der Waals surface area contributed by atoms with Crippen LogP contribution in [-0.2, 0) is 0 Å². The number of amidine groups is 1. The molecule has 0 spiro atoms. The fourth-order valence-electron chi connectivity index (χ4n) is 2.11. The average Bonchev–Trinajstić information content (AvgIpc) is 3.05. The Hall–Kier alpha value is -1.60. The molecule has 0 bridgehead atoms. The Bertz CT molecular complexity index is 657. The number of tetrazole rings is 1. The summed E-state index contributed by atoms with van der Waals surface area (Å²) in [7, 11) is 1.77. The maximum Gasteiger partial charge on any atom is 0.197 e. The second kappa shape index (κ2) is 8.88. The largest absolute Gasteiger partial charge is 0.355 e. The summed E-state index contributed by atoms with van der Waals surface area (Å²) < 4.78 is 0. The van der Waals surface area contributed by atoms with Gasteiger partial charge in [0, 0.05) is 12.1 Å². The van der Waals surface area contributed by atoms with Crippen LogP contribution in [0, 0.1) is 0 Å². The van der Waals surface area contributed by atoms with Crippen molar-refractivity contribution in [2.24, 2.45) is 4.99 Å². The van der Waals surface area contributed by atoms with Crippen LogP contribution in [0.2, 0.25) is 5.02 Å². The van der Waals surface area contributed by atoms with Gasteiger partial charge in [-0.15, -0.1) is 15.0 Å². The Morgan fingerprint density at radius 1 is 1.48 bits per heavy atom. The van der Waals surface area contributed by atoms with Crippen LogP contribution in [-0.4, -0.2) is 38.7 Å². The van der Waals surface area contributed by atoms with Crippen molar-refractivity contribution in [2.75, 3.05) is 13.3 Å². The second-order valence-corrected chi connectivity index (χ2v) is 6.22. The first kappa shape index (κ1) is 17.7. The lowest BCUT2D eigenvalue weighted by Gasteiger charge is -2.16. The van der Waals surface area contributed by atoms with Crippen LogP contribution >= 0.6 is 23.4 Å². The van der Waals surface area contributed by atoms with Crippen molar-refractivity contribution >= 4 is 28.5 Å². The number of rotatable bonds is 6. The third-order valence-corrected chi connectivity index (χ3v) is 4.24. The summed E-state index contributed by atoms with van der Waals surface area (Å²) in [6.45, 7) is 2.16. The molecule has 2 rings (SSSR count). The first-order valence-electron chi connectivity index (χ1n) is 7.51. The van der Waals surface area contributed by atoms with E-state index in [1.165, 1.54) is 4.80 Å². The molecule has 1 aromatic heterocycles. The van der Waals surface area contributed by atoms with Gasteiger partial charge in [-0.3, -0.25) is 4.99 Å². The Kier molecular flexibility index (Phi) is 6.85. The molecule has 1 aromatic carbocycles. The number of hydrogen-bond acceptors (Lipinski definition) is 5. The summed E-state index contributed by atoms with van der Waals surface area (Å²) in [5.41, 5.74) is 0.791. The van der Waals surface area contributed by atoms with Gasteiger partial charge >= 0.3 is 0 Å².